The normalized spacial score (nSPS) is 14.8. The number of amides is 1. The Morgan fingerprint density at radius 2 is 2.00 bits per heavy atom. The number of nitrogens with one attached hydrogen (secondary N) is 1. The van der Waals surface area contributed by atoms with Gasteiger partial charge in [-0.05, 0) is 42.0 Å². The van der Waals surface area contributed by atoms with E-state index in [1.807, 2.05) is 24.4 Å². The highest BCUT2D eigenvalue weighted by Gasteiger charge is 2.17. The van der Waals surface area contributed by atoms with Crippen LogP contribution in [-0.4, -0.2) is 16.2 Å². The van der Waals surface area contributed by atoms with Crippen molar-refractivity contribution in [3.05, 3.63) is 71.1 Å². The maximum atomic E-state index is 13.0. The summed E-state index contributed by atoms with van der Waals surface area (Å²) in [5, 5.41) is 4.26. The van der Waals surface area contributed by atoms with Crippen LogP contribution in [0.4, 0.5) is 4.39 Å². The lowest BCUT2D eigenvalue weighted by Crippen LogP contribution is -2.18. The number of carbonyl (C=O) groups excluding carboxylic acids is 1. The average Bonchev–Trinajstić information content (AvgIpc) is 3.30. The molecule has 3 heterocycles. The van der Waals surface area contributed by atoms with Crippen LogP contribution in [0.1, 0.15) is 21.8 Å². The monoisotopic (exact) mass is 339 g/mol. The van der Waals surface area contributed by atoms with Gasteiger partial charge in [-0.25, -0.2) is 9.82 Å². The number of rotatable bonds is 3. The lowest BCUT2D eigenvalue weighted by atomic mass is 10.2. The minimum Gasteiger partial charge on any atom is -0.346 e. The zero-order valence-electron chi connectivity index (χ0n) is 12.7. The number of hydrazone groups is 1. The van der Waals surface area contributed by atoms with Crippen LogP contribution in [0.15, 0.2) is 59.8 Å². The minimum absolute atomic E-state index is 0.231. The molecule has 0 unspecified atom stereocenters. The molecule has 0 atom stereocenters. The maximum Gasteiger partial charge on any atom is 0.281 e. The molecule has 1 aromatic carbocycles. The van der Waals surface area contributed by atoms with Crippen molar-refractivity contribution in [3.8, 4) is 10.4 Å². The molecule has 0 aliphatic carbocycles. The number of thiophene rings is 1. The molecule has 0 fully saturated rings. The number of carbonyl (C=O) groups is 1. The van der Waals surface area contributed by atoms with E-state index >= 15 is 0 Å². The quantitative estimate of drug-likeness (QED) is 0.723. The van der Waals surface area contributed by atoms with Crippen molar-refractivity contribution >= 4 is 23.0 Å². The number of hydrogen-bond donors (Lipinski definition) is 1. The number of nitrogens with zero attached hydrogens (tertiary/aromatic N) is 2. The van der Waals surface area contributed by atoms with E-state index in [9.17, 15) is 9.18 Å². The zero-order valence-corrected chi connectivity index (χ0v) is 13.5. The summed E-state index contributed by atoms with van der Waals surface area (Å²) in [6, 6.07) is 13.8. The molecule has 1 amide bonds. The van der Waals surface area contributed by atoms with Crippen LogP contribution < -0.4 is 5.43 Å². The topological polar surface area (TPSA) is 46.4 Å². The van der Waals surface area contributed by atoms with Gasteiger partial charge in [-0.2, -0.15) is 5.10 Å². The summed E-state index contributed by atoms with van der Waals surface area (Å²) in [6.45, 7) is 0.894. The molecular weight excluding hydrogens is 325 g/mol. The van der Waals surface area contributed by atoms with Gasteiger partial charge in [0.2, 0.25) is 0 Å². The molecule has 0 saturated heterocycles. The summed E-state index contributed by atoms with van der Waals surface area (Å²) in [5.74, 6) is -0.503. The predicted molar refractivity (Wildman–Crippen MR) is 92.8 cm³/mol. The predicted octanol–water partition coefficient (Wildman–Crippen LogP) is 3.89. The van der Waals surface area contributed by atoms with Crippen molar-refractivity contribution in [3.63, 3.8) is 0 Å². The van der Waals surface area contributed by atoms with Crippen molar-refractivity contribution in [2.75, 3.05) is 0 Å². The van der Waals surface area contributed by atoms with Gasteiger partial charge in [0.15, 0.2) is 0 Å². The molecule has 1 aliphatic heterocycles. The molecule has 120 valence electrons. The summed E-state index contributed by atoms with van der Waals surface area (Å²) in [6.07, 6.45) is 2.83. The van der Waals surface area contributed by atoms with Crippen molar-refractivity contribution in [1.29, 1.82) is 0 Å². The van der Waals surface area contributed by atoms with Gasteiger partial charge in [-0.3, -0.25) is 4.79 Å². The van der Waals surface area contributed by atoms with Crippen molar-refractivity contribution in [1.82, 2.24) is 9.99 Å². The Labute approximate surface area is 142 Å². The maximum absolute atomic E-state index is 13.0. The molecule has 6 heteroatoms. The number of halogens is 1. The molecule has 4 nitrogen and oxygen atoms in total. The summed E-state index contributed by atoms with van der Waals surface area (Å²) in [7, 11) is 0. The third-order valence-corrected chi connectivity index (χ3v) is 5.10. The van der Waals surface area contributed by atoms with Gasteiger partial charge in [0.25, 0.3) is 5.91 Å². The first-order valence-corrected chi connectivity index (χ1v) is 8.40. The molecule has 0 bridgehead atoms. The number of aryl methyl sites for hydroxylation is 1. The van der Waals surface area contributed by atoms with E-state index in [1.54, 1.807) is 18.2 Å². The molecule has 1 N–H and O–H groups in total. The highest BCUT2D eigenvalue weighted by atomic mass is 32.1. The zero-order chi connectivity index (χ0) is 16.5. The van der Waals surface area contributed by atoms with Crippen LogP contribution in [0, 0.1) is 5.82 Å². The van der Waals surface area contributed by atoms with Crippen LogP contribution in [0.25, 0.3) is 10.4 Å². The summed E-state index contributed by atoms with van der Waals surface area (Å²) >= 11 is 1.36. The standard InChI is InChI=1S/C18H14FN3OS/c19-13-5-3-12(4-6-13)16-7-8-17(24-16)18(23)21-20-14-9-11-22-10-1-2-15(14)22/h1-8,10H,9,11H2,(H,21,23). The minimum atomic E-state index is -0.273. The second-order valence-corrected chi connectivity index (χ2v) is 6.59. The fourth-order valence-corrected chi connectivity index (χ4v) is 3.64. The van der Waals surface area contributed by atoms with Crippen LogP contribution in [0.3, 0.4) is 0 Å². The second-order valence-electron chi connectivity index (χ2n) is 5.51. The molecular formula is C18H14FN3OS. The van der Waals surface area contributed by atoms with E-state index < -0.39 is 0 Å². The second kappa shape index (κ2) is 6.05. The molecule has 3 aromatic rings. The van der Waals surface area contributed by atoms with Crippen molar-refractivity contribution < 1.29 is 9.18 Å². The Bertz CT molecular complexity index is 924. The van der Waals surface area contributed by atoms with Gasteiger partial charge in [0.05, 0.1) is 16.3 Å². The fourth-order valence-electron chi connectivity index (χ4n) is 2.74. The first kappa shape index (κ1) is 14.8. The third kappa shape index (κ3) is 2.76. The van der Waals surface area contributed by atoms with E-state index in [4.69, 9.17) is 0 Å². The number of fused-ring (bicyclic) bond motifs is 1. The summed E-state index contributed by atoms with van der Waals surface area (Å²) in [5.41, 5.74) is 5.46. The smallest absolute Gasteiger partial charge is 0.281 e. The third-order valence-electron chi connectivity index (χ3n) is 3.97. The number of benzene rings is 1. The molecule has 0 spiro atoms. The summed E-state index contributed by atoms with van der Waals surface area (Å²) in [4.78, 5) is 13.8. The van der Waals surface area contributed by atoms with Gasteiger partial charge in [-0.15, -0.1) is 11.3 Å². The van der Waals surface area contributed by atoms with Crippen LogP contribution in [0.5, 0.6) is 0 Å². The van der Waals surface area contributed by atoms with E-state index in [0.29, 0.717) is 4.88 Å². The van der Waals surface area contributed by atoms with Gasteiger partial charge in [0, 0.05) is 24.0 Å². The van der Waals surface area contributed by atoms with Crippen LogP contribution in [0.2, 0.25) is 0 Å². The first-order chi connectivity index (χ1) is 11.7. The molecule has 2 aromatic heterocycles. The van der Waals surface area contributed by atoms with Gasteiger partial charge in [-0.1, -0.05) is 12.1 Å². The Kier molecular flexibility index (Phi) is 3.74. The Morgan fingerprint density at radius 3 is 2.83 bits per heavy atom. The van der Waals surface area contributed by atoms with Gasteiger partial charge in [0.1, 0.15) is 5.82 Å². The molecule has 24 heavy (non-hydrogen) atoms. The number of hydrogen-bond acceptors (Lipinski definition) is 3. The largest absolute Gasteiger partial charge is 0.346 e. The molecule has 4 rings (SSSR count). The molecule has 0 radical (unpaired) electrons. The highest BCUT2D eigenvalue weighted by molar-refractivity contribution is 7.17. The van der Waals surface area contributed by atoms with Crippen molar-refractivity contribution in [2.45, 2.75) is 13.0 Å². The van der Waals surface area contributed by atoms with E-state index in [2.05, 4.69) is 15.1 Å². The highest BCUT2D eigenvalue weighted by Crippen LogP contribution is 2.28. The van der Waals surface area contributed by atoms with Gasteiger partial charge >= 0.3 is 0 Å². The average molecular weight is 339 g/mol. The summed E-state index contributed by atoms with van der Waals surface area (Å²) < 4.78 is 15.1. The Morgan fingerprint density at radius 1 is 1.17 bits per heavy atom. The lowest BCUT2D eigenvalue weighted by molar-refractivity contribution is 0.0959. The molecule has 0 saturated carbocycles. The Hall–Kier alpha value is -2.73. The van der Waals surface area contributed by atoms with Crippen molar-refractivity contribution in [2.24, 2.45) is 5.10 Å². The Balaban J connectivity index is 1.49. The fraction of sp³-hybridized carbons (Fsp3) is 0.111. The van der Waals surface area contributed by atoms with Crippen LogP contribution in [-0.2, 0) is 6.54 Å². The first-order valence-electron chi connectivity index (χ1n) is 7.59. The lowest BCUT2D eigenvalue weighted by Gasteiger charge is -1.99. The van der Waals surface area contributed by atoms with Gasteiger partial charge < -0.3 is 4.57 Å². The molecule has 1 aliphatic rings. The van der Waals surface area contributed by atoms with E-state index in [1.165, 1.54) is 23.5 Å². The van der Waals surface area contributed by atoms with E-state index in [-0.39, 0.29) is 11.7 Å². The SMILES string of the molecule is O=C(NN=C1CCn2cccc21)c1ccc(-c2ccc(F)cc2)s1. The van der Waals surface area contributed by atoms with Crippen LogP contribution >= 0.6 is 11.3 Å². The number of aromatic nitrogens is 1. The van der Waals surface area contributed by atoms with E-state index in [0.717, 1.165) is 34.8 Å².